The maximum atomic E-state index is 13.7. The van der Waals surface area contributed by atoms with E-state index in [4.69, 9.17) is 4.74 Å². The van der Waals surface area contributed by atoms with Crippen molar-refractivity contribution in [2.75, 3.05) is 6.54 Å². The first kappa shape index (κ1) is 26.4. The van der Waals surface area contributed by atoms with Gasteiger partial charge >= 0.3 is 0 Å². The number of amides is 2. The molecular formula is C31H35FN2O3. The predicted molar refractivity (Wildman–Crippen MR) is 143 cm³/mol. The average Bonchev–Trinajstić information content (AvgIpc) is 2.89. The summed E-state index contributed by atoms with van der Waals surface area (Å²) in [7, 11) is 0. The van der Waals surface area contributed by atoms with E-state index < -0.39 is 11.5 Å². The molecule has 3 aromatic rings. The van der Waals surface area contributed by atoms with Crippen molar-refractivity contribution in [2.24, 2.45) is 5.41 Å². The lowest BCUT2D eigenvalue weighted by atomic mass is 9.85. The first-order valence-corrected chi connectivity index (χ1v) is 12.8. The van der Waals surface area contributed by atoms with Gasteiger partial charge in [-0.15, -0.1) is 0 Å². The van der Waals surface area contributed by atoms with Crippen LogP contribution in [0, 0.1) is 11.2 Å². The smallest absolute Gasteiger partial charge is 0.261 e. The molecule has 0 aliphatic carbocycles. The SMILES string of the molecule is CC[C@H](Oc1ccc2c(c1)[C@H](c1ccc(F)cc1)N(C(=O)C(C)(C)C)CC2)C(=O)NCc1ccccc1. The van der Waals surface area contributed by atoms with Crippen molar-refractivity contribution in [3.8, 4) is 5.75 Å². The Hall–Kier alpha value is -3.67. The van der Waals surface area contributed by atoms with Gasteiger partial charge < -0.3 is 15.0 Å². The number of nitrogens with one attached hydrogen (secondary N) is 1. The fourth-order valence-corrected chi connectivity index (χ4v) is 4.71. The molecule has 3 aromatic carbocycles. The van der Waals surface area contributed by atoms with Crippen molar-refractivity contribution in [2.45, 2.75) is 59.2 Å². The predicted octanol–water partition coefficient (Wildman–Crippen LogP) is 5.82. The summed E-state index contributed by atoms with van der Waals surface area (Å²) in [6.07, 6.45) is 0.569. The number of halogens is 1. The van der Waals surface area contributed by atoms with Crippen LogP contribution in [0.3, 0.4) is 0 Å². The molecule has 37 heavy (non-hydrogen) atoms. The van der Waals surface area contributed by atoms with Crippen molar-refractivity contribution < 1.29 is 18.7 Å². The van der Waals surface area contributed by atoms with Crippen molar-refractivity contribution in [3.63, 3.8) is 0 Å². The summed E-state index contributed by atoms with van der Waals surface area (Å²) in [5, 5.41) is 2.96. The monoisotopic (exact) mass is 502 g/mol. The number of nitrogens with zero attached hydrogens (tertiary/aromatic N) is 1. The van der Waals surface area contributed by atoms with E-state index in [0.29, 0.717) is 31.7 Å². The Labute approximate surface area is 218 Å². The molecule has 0 aromatic heterocycles. The Morgan fingerprint density at radius 3 is 2.41 bits per heavy atom. The number of carbonyl (C=O) groups excluding carboxylic acids is 2. The number of ether oxygens (including phenoxy) is 1. The quantitative estimate of drug-likeness (QED) is 0.443. The molecule has 6 heteroatoms. The van der Waals surface area contributed by atoms with E-state index in [1.165, 1.54) is 12.1 Å². The van der Waals surface area contributed by atoms with Crippen LogP contribution in [0.5, 0.6) is 5.75 Å². The van der Waals surface area contributed by atoms with E-state index in [1.807, 2.05) is 81.1 Å². The van der Waals surface area contributed by atoms with Crippen LogP contribution < -0.4 is 10.1 Å². The Morgan fingerprint density at radius 1 is 1.05 bits per heavy atom. The van der Waals surface area contributed by atoms with Gasteiger partial charge in [0.2, 0.25) is 5.91 Å². The summed E-state index contributed by atoms with van der Waals surface area (Å²) in [4.78, 5) is 28.2. The lowest BCUT2D eigenvalue weighted by Crippen LogP contribution is -2.45. The molecule has 4 rings (SSSR count). The van der Waals surface area contributed by atoms with Crippen molar-refractivity contribution in [1.82, 2.24) is 10.2 Å². The molecule has 0 unspecified atom stereocenters. The molecule has 5 nitrogen and oxygen atoms in total. The maximum Gasteiger partial charge on any atom is 0.261 e. The summed E-state index contributed by atoms with van der Waals surface area (Å²) >= 11 is 0. The van der Waals surface area contributed by atoms with Crippen LogP contribution >= 0.6 is 0 Å². The number of hydrogen-bond donors (Lipinski definition) is 1. The molecule has 0 spiro atoms. The standard InChI is InChI=1S/C31H35FN2O3/c1-5-27(29(35)33-20-21-9-7-6-8-10-21)37-25-16-13-22-17-18-34(30(36)31(2,3)4)28(26(22)19-25)23-11-14-24(32)15-12-23/h6-16,19,27-28H,5,17-18,20H2,1-4H3,(H,33,35)/t27-,28-/m0/s1. The molecule has 1 aliphatic heterocycles. The van der Waals surface area contributed by atoms with E-state index in [0.717, 1.165) is 22.3 Å². The van der Waals surface area contributed by atoms with Crippen LogP contribution in [0.2, 0.25) is 0 Å². The lowest BCUT2D eigenvalue weighted by molar-refractivity contribution is -0.141. The third-order valence-corrected chi connectivity index (χ3v) is 6.68. The van der Waals surface area contributed by atoms with Crippen LogP contribution in [0.25, 0.3) is 0 Å². The molecule has 1 heterocycles. The van der Waals surface area contributed by atoms with Crippen LogP contribution in [-0.4, -0.2) is 29.4 Å². The highest BCUT2D eigenvalue weighted by Crippen LogP contribution is 2.39. The number of hydrogen-bond acceptors (Lipinski definition) is 3. The van der Waals surface area contributed by atoms with Gasteiger partial charge in [-0.1, -0.05) is 76.2 Å². The van der Waals surface area contributed by atoms with Gasteiger partial charge in [0, 0.05) is 18.5 Å². The second-order valence-corrected chi connectivity index (χ2v) is 10.5. The minimum atomic E-state index is -0.651. The first-order chi connectivity index (χ1) is 17.7. The number of fused-ring (bicyclic) bond motifs is 1. The van der Waals surface area contributed by atoms with Gasteiger partial charge in [-0.05, 0) is 59.4 Å². The lowest BCUT2D eigenvalue weighted by Gasteiger charge is -2.41. The Bertz CT molecular complexity index is 1240. The zero-order valence-corrected chi connectivity index (χ0v) is 22.0. The topological polar surface area (TPSA) is 58.6 Å². The van der Waals surface area contributed by atoms with Gasteiger partial charge in [0.15, 0.2) is 6.10 Å². The van der Waals surface area contributed by atoms with Crippen LogP contribution in [0.15, 0.2) is 72.8 Å². The Balaban J connectivity index is 1.61. The fourth-order valence-electron chi connectivity index (χ4n) is 4.71. The molecule has 0 saturated carbocycles. The van der Waals surface area contributed by atoms with Crippen molar-refractivity contribution >= 4 is 11.8 Å². The van der Waals surface area contributed by atoms with Gasteiger partial charge in [-0.2, -0.15) is 0 Å². The number of carbonyl (C=O) groups is 2. The molecule has 194 valence electrons. The molecule has 0 radical (unpaired) electrons. The maximum absolute atomic E-state index is 13.7. The third kappa shape index (κ3) is 6.19. The van der Waals surface area contributed by atoms with Crippen LogP contribution in [0.4, 0.5) is 4.39 Å². The van der Waals surface area contributed by atoms with Gasteiger partial charge in [0.25, 0.3) is 5.91 Å². The number of rotatable bonds is 7. The molecule has 1 aliphatic rings. The highest BCUT2D eigenvalue weighted by Gasteiger charge is 2.37. The molecule has 0 bridgehead atoms. The van der Waals surface area contributed by atoms with Crippen LogP contribution in [0.1, 0.15) is 62.4 Å². The summed E-state index contributed by atoms with van der Waals surface area (Å²) in [6.45, 7) is 8.64. The summed E-state index contributed by atoms with van der Waals surface area (Å²) in [5.41, 5.74) is 3.34. The molecular weight excluding hydrogens is 467 g/mol. The second-order valence-electron chi connectivity index (χ2n) is 10.5. The zero-order chi connectivity index (χ0) is 26.6. The fraction of sp³-hybridized carbons (Fsp3) is 0.355. The number of benzene rings is 3. The van der Waals surface area contributed by atoms with Crippen molar-refractivity contribution in [3.05, 3.63) is 101 Å². The van der Waals surface area contributed by atoms with E-state index in [2.05, 4.69) is 5.32 Å². The summed E-state index contributed by atoms with van der Waals surface area (Å²) in [6, 6.07) is 21.5. The summed E-state index contributed by atoms with van der Waals surface area (Å²) < 4.78 is 19.9. The first-order valence-electron chi connectivity index (χ1n) is 12.8. The van der Waals surface area contributed by atoms with E-state index in [-0.39, 0.29) is 23.7 Å². The van der Waals surface area contributed by atoms with E-state index in [1.54, 1.807) is 12.1 Å². The molecule has 0 saturated heterocycles. The van der Waals surface area contributed by atoms with Gasteiger partial charge in [-0.3, -0.25) is 9.59 Å². The second kappa shape index (κ2) is 11.2. The highest BCUT2D eigenvalue weighted by atomic mass is 19.1. The Morgan fingerprint density at radius 2 is 1.76 bits per heavy atom. The summed E-state index contributed by atoms with van der Waals surface area (Å²) in [5.74, 6) is 0.102. The molecule has 2 amide bonds. The average molecular weight is 503 g/mol. The molecule has 0 fully saturated rings. The zero-order valence-electron chi connectivity index (χ0n) is 22.0. The minimum Gasteiger partial charge on any atom is -0.481 e. The van der Waals surface area contributed by atoms with E-state index >= 15 is 0 Å². The Kier molecular flexibility index (Phi) is 7.96. The van der Waals surface area contributed by atoms with E-state index in [9.17, 15) is 14.0 Å². The van der Waals surface area contributed by atoms with Crippen LogP contribution in [-0.2, 0) is 22.6 Å². The van der Waals surface area contributed by atoms with Gasteiger partial charge in [0.1, 0.15) is 11.6 Å². The normalized spacial score (nSPS) is 16.0. The minimum absolute atomic E-state index is 0.0329. The third-order valence-electron chi connectivity index (χ3n) is 6.68. The van der Waals surface area contributed by atoms with Crippen molar-refractivity contribution in [1.29, 1.82) is 0 Å². The molecule has 2 atom stereocenters. The van der Waals surface area contributed by atoms with Gasteiger partial charge in [0.05, 0.1) is 6.04 Å². The van der Waals surface area contributed by atoms with Gasteiger partial charge in [-0.25, -0.2) is 4.39 Å². The molecule has 1 N–H and O–H groups in total. The highest BCUT2D eigenvalue weighted by molar-refractivity contribution is 5.83. The largest absolute Gasteiger partial charge is 0.481 e.